The van der Waals surface area contributed by atoms with Crippen LogP contribution < -0.4 is 0 Å². The minimum absolute atomic E-state index is 0.0487. The van der Waals surface area contributed by atoms with Crippen LogP contribution in [-0.2, 0) is 15.9 Å². The van der Waals surface area contributed by atoms with E-state index in [1.54, 1.807) is 19.1 Å². The fourth-order valence-electron chi connectivity index (χ4n) is 4.06. The molecule has 0 unspecified atom stereocenters. The van der Waals surface area contributed by atoms with Gasteiger partial charge in [0.25, 0.3) is 0 Å². The van der Waals surface area contributed by atoms with Crippen LogP contribution in [0.25, 0.3) is 16.8 Å². The number of ether oxygens (including phenoxy) is 1. The molecule has 3 aromatic rings. The number of aromatic hydroxyl groups is 2. The first kappa shape index (κ1) is 15.0. The summed E-state index contributed by atoms with van der Waals surface area (Å²) in [6, 6.07) is 3.59. The predicted molar refractivity (Wildman–Crippen MR) is 94.0 cm³/mol. The van der Waals surface area contributed by atoms with E-state index in [1.807, 2.05) is 26.0 Å². The summed E-state index contributed by atoms with van der Waals surface area (Å²) in [5.74, 6) is 0.408. The standard InChI is InChI=1S/C18H15BrN2O4/c1-8-20-13-10(5-4-9(19)14(13)24-8)21-15(22)11-12(16(21)23)18(3)7-6-17(11,2)25-18/h4-7,22-23H,1-3H3/t17-,18+. The maximum absolute atomic E-state index is 10.9. The highest BCUT2D eigenvalue weighted by atomic mass is 79.9. The fourth-order valence-corrected chi connectivity index (χ4v) is 4.46. The first-order valence-electron chi connectivity index (χ1n) is 7.89. The lowest BCUT2D eigenvalue weighted by Gasteiger charge is -2.21. The zero-order valence-corrected chi connectivity index (χ0v) is 15.4. The van der Waals surface area contributed by atoms with Gasteiger partial charge in [-0.15, -0.1) is 0 Å². The number of nitrogens with zero attached hydrogens (tertiary/aromatic N) is 2. The molecule has 1 aromatic carbocycles. The Morgan fingerprint density at radius 2 is 1.68 bits per heavy atom. The van der Waals surface area contributed by atoms with Crippen molar-refractivity contribution in [2.24, 2.45) is 0 Å². The van der Waals surface area contributed by atoms with Gasteiger partial charge >= 0.3 is 0 Å². The molecule has 2 aliphatic heterocycles. The Morgan fingerprint density at radius 3 is 2.28 bits per heavy atom. The largest absolute Gasteiger partial charge is 0.494 e. The second kappa shape index (κ2) is 4.28. The highest BCUT2D eigenvalue weighted by Crippen LogP contribution is 2.61. The van der Waals surface area contributed by atoms with Gasteiger partial charge in [0.2, 0.25) is 11.8 Å². The molecule has 0 spiro atoms. The molecule has 2 aromatic heterocycles. The normalized spacial score (nSPS) is 26.7. The van der Waals surface area contributed by atoms with Gasteiger partial charge < -0.3 is 19.4 Å². The van der Waals surface area contributed by atoms with Crippen molar-refractivity contribution in [2.45, 2.75) is 32.0 Å². The summed E-state index contributed by atoms with van der Waals surface area (Å²) in [4.78, 5) is 4.42. The number of oxazole rings is 1. The van der Waals surface area contributed by atoms with Crippen LogP contribution in [0.2, 0.25) is 0 Å². The second-order valence-corrected chi connectivity index (χ2v) is 7.71. The SMILES string of the molecule is Cc1nc2c(-n3c(O)c4c(c3O)[C@]3(C)C=C[C@@]4(C)O3)ccc(Br)c2o1. The molecule has 7 heteroatoms. The van der Waals surface area contributed by atoms with Crippen molar-refractivity contribution in [1.29, 1.82) is 0 Å². The number of rotatable bonds is 1. The summed E-state index contributed by atoms with van der Waals surface area (Å²) in [6.45, 7) is 5.51. The smallest absolute Gasteiger partial charge is 0.205 e. The molecule has 0 aliphatic carbocycles. The molecule has 5 rings (SSSR count). The van der Waals surface area contributed by atoms with E-state index in [0.717, 1.165) is 4.47 Å². The number of hydrogen-bond acceptors (Lipinski definition) is 5. The van der Waals surface area contributed by atoms with E-state index in [9.17, 15) is 10.2 Å². The molecular weight excluding hydrogens is 388 g/mol. The van der Waals surface area contributed by atoms with Crippen LogP contribution in [0.4, 0.5) is 0 Å². The van der Waals surface area contributed by atoms with Crippen LogP contribution in [0.15, 0.2) is 33.2 Å². The van der Waals surface area contributed by atoms with Crippen molar-refractivity contribution in [1.82, 2.24) is 9.55 Å². The molecule has 2 aliphatic rings. The average molecular weight is 403 g/mol. The number of aromatic nitrogens is 2. The van der Waals surface area contributed by atoms with Gasteiger partial charge in [-0.1, -0.05) is 0 Å². The molecule has 128 valence electrons. The minimum Gasteiger partial charge on any atom is -0.494 e. The fraction of sp³-hybridized carbons (Fsp3) is 0.278. The third-order valence-corrected chi connectivity index (χ3v) is 5.70. The average Bonchev–Trinajstić information content (AvgIpc) is 3.21. The lowest BCUT2D eigenvalue weighted by Crippen LogP contribution is -2.19. The van der Waals surface area contributed by atoms with Crippen molar-refractivity contribution in [3.8, 4) is 17.4 Å². The maximum Gasteiger partial charge on any atom is 0.205 e. The van der Waals surface area contributed by atoms with Crippen molar-refractivity contribution in [3.05, 3.63) is 45.8 Å². The quantitative estimate of drug-likeness (QED) is 0.598. The van der Waals surface area contributed by atoms with E-state index >= 15 is 0 Å². The lowest BCUT2D eigenvalue weighted by molar-refractivity contribution is -0.0517. The molecule has 2 atom stereocenters. The van der Waals surface area contributed by atoms with Crippen molar-refractivity contribution in [2.75, 3.05) is 0 Å². The van der Waals surface area contributed by atoms with Crippen molar-refractivity contribution >= 4 is 27.0 Å². The van der Waals surface area contributed by atoms with E-state index in [4.69, 9.17) is 9.15 Å². The summed E-state index contributed by atoms with van der Waals surface area (Å²) in [6.07, 6.45) is 3.83. The van der Waals surface area contributed by atoms with E-state index in [1.165, 1.54) is 4.57 Å². The topological polar surface area (TPSA) is 80.7 Å². The van der Waals surface area contributed by atoms with Crippen LogP contribution >= 0.6 is 15.9 Å². The molecule has 4 heterocycles. The molecule has 0 saturated heterocycles. The van der Waals surface area contributed by atoms with E-state index < -0.39 is 11.2 Å². The first-order chi connectivity index (χ1) is 11.8. The Kier molecular flexibility index (Phi) is 2.58. The molecule has 6 nitrogen and oxygen atoms in total. The molecule has 0 fully saturated rings. The zero-order chi connectivity index (χ0) is 17.7. The van der Waals surface area contributed by atoms with Gasteiger partial charge in [0.05, 0.1) is 21.3 Å². The Bertz CT molecular complexity index is 1070. The van der Waals surface area contributed by atoms with Crippen LogP contribution in [0, 0.1) is 6.92 Å². The molecule has 0 radical (unpaired) electrons. The molecule has 0 saturated carbocycles. The Morgan fingerprint density at radius 1 is 1.08 bits per heavy atom. The van der Waals surface area contributed by atoms with Crippen molar-refractivity contribution in [3.63, 3.8) is 0 Å². The highest BCUT2D eigenvalue weighted by Gasteiger charge is 2.56. The zero-order valence-electron chi connectivity index (χ0n) is 13.8. The Labute approximate surface area is 151 Å². The van der Waals surface area contributed by atoms with Gasteiger partial charge in [0.1, 0.15) is 16.7 Å². The van der Waals surface area contributed by atoms with Gasteiger partial charge in [-0.25, -0.2) is 9.55 Å². The molecular formula is C18H15BrN2O4. The molecule has 25 heavy (non-hydrogen) atoms. The van der Waals surface area contributed by atoms with Crippen LogP contribution in [0.1, 0.15) is 30.9 Å². The number of halogens is 1. The molecule has 0 amide bonds. The third kappa shape index (κ3) is 1.65. The summed E-state index contributed by atoms with van der Waals surface area (Å²) in [7, 11) is 0. The Balaban J connectivity index is 1.87. The molecule has 2 bridgehead atoms. The molecule has 2 N–H and O–H groups in total. The highest BCUT2D eigenvalue weighted by molar-refractivity contribution is 9.10. The Hall–Kier alpha value is -2.25. The monoisotopic (exact) mass is 402 g/mol. The second-order valence-electron chi connectivity index (χ2n) is 6.86. The van der Waals surface area contributed by atoms with Gasteiger partial charge in [-0.2, -0.15) is 0 Å². The van der Waals surface area contributed by atoms with Gasteiger partial charge in [0, 0.05) is 6.92 Å². The lowest BCUT2D eigenvalue weighted by atomic mass is 9.86. The predicted octanol–water partition coefficient (Wildman–Crippen LogP) is 4.13. The first-order valence-corrected chi connectivity index (χ1v) is 8.69. The van der Waals surface area contributed by atoms with Gasteiger partial charge in [0.15, 0.2) is 11.5 Å². The minimum atomic E-state index is -0.759. The van der Waals surface area contributed by atoms with E-state index in [0.29, 0.717) is 33.8 Å². The van der Waals surface area contributed by atoms with Crippen LogP contribution in [-0.4, -0.2) is 19.8 Å². The maximum atomic E-state index is 10.9. The van der Waals surface area contributed by atoms with Crippen molar-refractivity contribution < 1.29 is 19.4 Å². The van der Waals surface area contributed by atoms with E-state index in [-0.39, 0.29) is 11.8 Å². The third-order valence-electron chi connectivity index (χ3n) is 5.08. The number of aryl methyl sites for hydroxylation is 1. The van der Waals surface area contributed by atoms with Crippen LogP contribution in [0.3, 0.4) is 0 Å². The number of benzene rings is 1. The van der Waals surface area contributed by atoms with E-state index in [2.05, 4.69) is 20.9 Å². The van der Waals surface area contributed by atoms with Gasteiger partial charge in [-0.3, -0.25) is 0 Å². The number of fused-ring (bicyclic) bond motifs is 6. The number of hydrogen-bond donors (Lipinski definition) is 2. The van der Waals surface area contributed by atoms with Gasteiger partial charge in [-0.05, 0) is 54.1 Å². The summed E-state index contributed by atoms with van der Waals surface area (Å²) < 4.78 is 13.8. The summed E-state index contributed by atoms with van der Waals surface area (Å²) in [5, 5.41) is 21.9. The summed E-state index contributed by atoms with van der Waals surface area (Å²) in [5.41, 5.74) is 1.33. The summed E-state index contributed by atoms with van der Waals surface area (Å²) >= 11 is 3.45. The van der Waals surface area contributed by atoms with Crippen LogP contribution in [0.5, 0.6) is 11.8 Å².